The van der Waals surface area contributed by atoms with Gasteiger partial charge in [0.1, 0.15) is 0 Å². The summed E-state index contributed by atoms with van der Waals surface area (Å²) in [6.07, 6.45) is 0. The van der Waals surface area contributed by atoms with Crippen molar-refractivity contribution in [1.29, 1.82) is 0 Å². The van der Waals surface area contributed by atoms with Gasteiger partial charge in [0.2, 0.25) is 11.8 Å². The first-order chi connectivity index (χ1) is 8.78. The fraction of sp³-hybridized carbons (Fsp3) is 0.385. The summed E-state index contributed by atoms with van der Waals surface area (Å²) in [7, 11) is 0. The second kappa shape index (κ2) is 6.56. The molecule has 96 valence electrons. The van der Waals surface area contributed by atoms with Gasteiger partial charge in [-0.1, -0.05) is 19.1 Å². The number of benzene rings is 1. The highest BCUT2D eigenvalue weighted by Gasteiger charge is 2.03. The number of aryl methyl sites for hydroxylation is 1. The molecular formula is C13H17N3OS. The van der Waals surface area contributed by atoms with E-state index in [2.05, 4.69) is 46.7 Å². The van der Waals surface area contributed by atoms with Crippen molar-refractivity contribution in [3.63, 3.8) is 0 Å². The number of aromatic nitrogens is 2. The number of rotatable bonds is 6. The molecule has 1 N–H and O–H groups in total. The largest absolute Gasteiger partial charge is 0.425 e. The molecule has 2 rings (SSSR count). The van der Waals surface area contributed by atoms with Crippen molar-refractivity contribution in [1.82, 2.24) is 15.5 Å². The lowest BCUT2D eigenvalue weighted by Crippen LogP contribution is -2.11. The van der Waals surface area contributed by atoms with Gasteiger partial charge >= 0.3 is 0 Å². The van der Waals surface area contributed by atoms with Gasteiger partial charge in [0, 0.05) is 18.4 Å². The average Bonchev–Trinajstić information content (AvgIpc) is 2.81. The summed E-state index contributed by atoms with van der Waals surface area (Å²) in [4.78, 5) is 1.21. The van der Waals surface area contributed by atoms with Gasteiger partial charge in [-0.25, -0.2) is 0 Å². The zero-order chi connectivity index (χ0) is 12.8. The fourth-order valence-corrected chi connectivity index (χ4v) is 2.25. The van der Waals surface area contributed by atoms with Crippen LogP contribution < -0.4 is 5.32 Å². The zero-order valence-corrected chi connectivity index (χ0v) is 11.5. The molecule has 2 aromatic rings. The van der Waals surface area contributed by atoms with E-state index < -0.39 is 0 Å². The first-order valence-corrected chi connectivity index (χ1v) is 6.98. The van der Waals surface area contributed by atoms with Crippen LogP contribution >= 0.6 is 11.8 Å². The summed E-state index contributed by atoms with van der Waals surface area (Å²) in [6, 6.07) is 8.54. The van der Waals surface area contributed by atoms with Crippen molar-refractivity contribution in [2.45, 2.75) is 31.0 Å². The van der Waals surface area contributed by atoms with Crippen LogP contribution in [0, 0.1) is 6.92 Å². The van der Waals surface area contributed by atoms with E-state index in [-0.39, 0.29) is 0 Å². The van der Waals surface area contributed by atoms with Gasteiger partial charge < -0.3 is 9.73 Å². The Morgan fingerprint density at radius 2 is 2.00 bits per heavy atom. The molecule has 18 heavy (non-hydrogen) atoms. The predicted molar refractivity (Wildman–Crippen MR) is 72.4 cm³/mol. The summed E-state index contributed by atoms with van der Waals surface area (Å²) in [5.74, 6) is 2.01. The van der Waals surface area contributed by atoms with E-state index in [0.717, 1.165) is 13.1 Å². The van der Waals surface area contributed by atoms with Gasteiger partial charge in [-0.15, -0.1) is 22.0 Å². The van der Waals surface area contributed by atoms with Crippen LogP contribution in [0.5, 0.6) is 0 Å². The lowest BCUT2D eigenvalue weighted by Gasteiger charge is -2.03. The van der Waals surface area contributed by atoms with E-state index in [1.54, 1.807) is 18.7 Å². The Labute approximate surface area is 111 Å². The third kappa shape index (κ3) is 3.85. The minimum atomic E-state index is 0.617. The average molecular weight is 263 g/mol. The van der Waals surface area contributed by atoms with Gasteiger partial charge in [0.05, 0.1) is 5.75 Å². The van der Waals surface area contributed by atoms with E-state index >= 15 is 0 Å². The van der Waals surface area contributed by atoms with Crippen LogP contribution in [0.25, 0.3) is 0 Å². The summed E-state index contributed by atoms with van der Waals surface area (Å²) >= 11 is 1.70. The molecule has 0 aliphatic carbocycles. The Morgan fingerprint density at radius 3 is 2.61 bits per heavy atom. The molecule has 0 radical (unpaired) electrons. The van der Waals surface area contributed by atoms with Crippen molar-refractivity contribution in [3.05, 3.63) is 41.6 Å². The quantitative estimate of drug-likeness (QED) is 0.812. The Hall–Kier alpha value is -1.33. The highest BCUT2D eigenvalue weighted by atomic mass is 32.2. The van der Waals surface area contributed by atoms with Gasteiger partial charge in [-0.2, -0.15) is 0 Å². The van der Waals surface area contributed by atoms with Crippen LogP contribution in [0.3, 0.4) is 0 Å². The van der Waals surface area contributed by atoms with Crippen LogP contribution in [-0.2, 0) is 12.3 Å². The molecule has 1 heterocycles. The zero-order valence-electron chi connectivity index (χ0n) is 10.6. The Bertz CT molecular complexity index is 481. The number of hydrogen-bond acceptors (Lipinski definition) is 5. The summed E-state index contributed by atoms with van der Waals surface area (Å²) in [6.45, 7) is 5.82. The van der Waals surface area contributed by atoms with E-state index in [9.17, 15) is 0 Å². The lowest BCUT2D eigenvalue weighted by atomic mass is 10.2. The van der Waals surface area contributed by atoms with Crippen molar-refractivity contribution < 1.29 is 4.42 Å². The monoisotopic (exact) mass is 263 g/mol. The highest BCUT2D eigenvalue weighted by Crippen LogP contribution is 2.22. The van der Waals surface area contributed by atoms with Crippen molar-refractivity contribution in [2.75, 3.05) is 6.54 Å². The van der Waals surface area contributed by atoms with E-state index in [1.807, 2.05) is 0 Å². The Balaban J connectivity index is 1.86. The van der Waals surface area contributed by atoms with Crippen LogP contribution in [0.1, 0.15) is 24.3 Å². The Morgan fingerprint density at radius 1 is 1.22 bits per heavy atom. The van der Waals surface area contributed by atoms with Crippen molar-refractivity contribution in [3.8, 4) is 0 Å². The van der Waals surface area contributed by atoms with E-state index in [4.69, 9.17) is 4.42 Å². The fourth-order valence-electron chi connectivity index (χ4n) is 1.51. The standard InChI is InChI=1S/C13H17N3OS/c1-3-14-8-11-4-6-12(7-5-11)18-9-13-16-15-10(2)17-13/h4-7,14H,3,8-9H2,1-2H3. The number of nitrogens with one attached hydrogen (secondary N) is 1. The maximum atomic E-state index is 5.33. The number of thioether (sulfide) groups is 1. The summed E-state index contributed by atoms with van der Waals surface area (Å²) in [5.41, 5.74) is 1.30. The second-order valence-electron chi connectivity index (χ2n) is 3.93. The molecule has 1 aromatic heterocycles. The molecule has 0 fully saturated rings. The molecule has 0 bridgehead atoms. The summed E-state index contributed by atoms with van der Waals surface area (Å²) in [5, 5.41) is 11.1. The van der Waals surface area contributed by atoms with Crippen LogP contribution in [0.2, 0.25) is 0 Å². The van der Waals surface area contributed by atoms with Gasteiger partial charge in [-0.05, 0) is 24.2 Å². The molecule has 0 aliphatic heterocycles. The van der Waals surface area contributed by atoms with Crippen LogP contribution in [0.15, 0.2) is 33.6 Å². The highest BCUT2D eigenvalue weighted by molar-refractivity contribution is 7.98. The first kappa shape index (κ1) is 13.1. The molecule has 0 atom stereocenters. The molecular weight excluding hydrogens is 246 g/mol. The van der Waals surface area contributed by atoms with Gasteiger partial charge in [0.15, 0.2) is 0 Å². The minimum Gasteiger partial charge on any atom is -0.425 e. The maximum Gasteiger partial charge on any atom is 0.226 e. The SMILES string of the molecule is CCNCc1ccc(SCc2nnc(C)o2)cc1. The molecule has 1 aromatic carbocycles. The third-order valence-corrected chi connectivity index (χ3v) is 3.43. The van der Waals surface area contributed by atoms with Crippen LogP contribution in [0.4, 0.5) is 0 Å². The van der Waals surface area contributed by atoms with Crippen LogP contribution in [-0.4, -0.2) is 16.7 Å². The molecule has 0 spiro atoms. The molecule has 5 heteroatoms. The minimum absolute atomic E-state index is 0.617. The first-order valence-electron chi connectivity index (χ1n) is 5.99. The molecule has 0 saturated heterocycles. The smallest absolute Gasteiger partial charge is 0.226 e. The topological polar surface area (TPSA) is 51.0 Å². The molecule has 0 aliphatic rings. The third-order valence-electron chi connectivity index (χ3n) is 2.43. The molecule has 0 unspecified atom stereocenters. The van der Waals surface area contributed by atoms with Gasteiger partial charge in [-0.3, -0.25) is 0 Å². The Kier molecular flexibility index (Phi) is 4.78. The molecule has 4 nitrogen and oxygen atoms in total. The molecule has 0 amide bonds. The maximum absolute atomic E-state index is 5.33. The van der Waals surface area contributed by atoms with Crippen molar-refractivity contribution in [2.24, 2.45) is 0 Å². The normalized spacial score (nSPS) is 10.8. The summed E-state index contributed by atoms with van der Waals surface area (Å²) < 4.78 is 5.33. The van der Waals surface area contributed by atoms with E-state index in [0.29, 0.717) is 17.5 Å². The predicted octanol–water partition coefficient (Wildman–Crippen LogP) is 2.78. The lowest BCUT2D eigenvalue weighted by molar-refractivity contribution is 0.485. The second-order valence-corrected chi connectivity index (χ2v) is 4.98. The van der Waals surface area contributed by atoms with Crippen molar-refractivity contribution >= 4 is 11.8 Å². The molecule has 0 saturated carbocycles. The van der Waals surface area contributed by atoms with E-state index in [1.165, 1.54) is 10.5 Å². The number of hydrogen-bond donors (Lipinski definition) is 1. The number of nitrogens with zero attached hydrogens (tertiary/aromatic N) is 2. The van der Waals surface area contributed by atoms with Gasteiger partial charge in [0.25, 0.3) is 0 Å².